The minimum absolute atomic E-state index is 0.168. The molecule has 4 rings (SSSR count). The number of hydrogen-bond acceptors (Lipinski definition) is 3. The molecule has 1 aromatic heterocycles. The first-order valence-electron chi connectivity index (χ1n) is 9.46. The van der Waals surface area contributed by atoms with Crippen molar-refractivity contribution < 1.29 is 17.5 Å². The van der Waals surface area contributed by atoms with Crippen molar-refractivity contribution >= 4 is 15.7 Å². The van der Waals surface area contributed by atoms with E-state index < -0.39 is 21.9 Å². The van der Waals surface area contributed by atoms with Crippen molar-refractivity contribution in [3.8, 4) is 11.4 Å². The number of aromatic nitrogens is 1. The van der Waals surface area contributed by atoms with E-state index in [0.29, 0.717) is 23.5 Å². The zero-order valence-corrected chi connectivity index (χ0v) is 17.6. The van der Waals surface area contributed by atoms with Gasteiger partial charge < -0.3 is 9.30 Å². The molecule has 0 spiro atoms. The Balaban J connectivity index is 1.97. The Bertz CT molecular complexity index is 1180. The number of halogens is 1. The van der Waals surface area contributed by atoms with Crippen LogP contribution in [0.25, 0.3) is 5.69 Å². The minimum atomic E-state index is -3.95. The molecule has 2 heterocycles. The zero-order valence-electron chi connectivity index (χ0n) is 16.8. The molecule has 3 aromatic rings. The van der Waals surface area contributed by atoms with Crippen LogP contribution in [0.4, 0.5) is 10.1 Å². The van der Waals surface area contributed by atoms with Crippen LogP contribution in [0.1, 0.15) is 36.2 Å². The maximum absolute atomic E-state index is 14.2. The number of anilines is 1. The van der Waals surface area contributed by atoms with E-state index in [1.165, 1.54) is 16.4 Å². The third-order valence-corrected chi connectivity index (χ3v) is 7.22. The van der Waals surface area contributed by atoms with E-state index in [1.807, 2.05) is 43.7 Å². The van der Waals surface area contributed by atoms with Gasteiger partial charge in [-0.2, -0.15) is 0 Å². The van der Waals surface area contributed by atoms with Crippen molar-refractivity contribution in [2.24, 2.45) is 0 Å². The van der Waals surface area contributed by atoms with E-state index in [1.54, 1.807) is 25.3 Å². The molecular formula is C22H23FN2O3S. The van der Waals surface area contributed by atoms with Crippen molar-refractivity contribution in [3.05, 3.63) is 71.3 Å². The van der Waals surface area contributed by atoms with Crippen molar-refractivity contribution in [1.82, 2.24) is 4.57 Å². The van der Waals surface area contributed by atoms with Crippen LogP contribution in [0.15, 0.2) is 53.6 Å². The predicted octanol–water partition coefficient (Wildman–Crippen LogP) is 4.90. The smallest absolute Gasteiger partial charge is 0.265 e. The molecule has 0 N–H and O–H groups in total. The van der Waals surface area contributed by atoms with E-state index >= 15 is 0 Å². The normalized spacial score (nSPS) is 15.8. The predicted molar refractivity (Wildman–Crippen MR) is 111 cm³/mol. The Morgan fingerprint density at radius 1 is 1.07 bits per heavy atom. The van der Waals surface area contributed by atoms with Crippen LogP contribution in [-0.4, -0.2) is 20.1 Å². The lowest BCUT2D eigenvalue weighted by Crippen LogP contribution is -2.39. The first-order chi connectivity index (χ1) is 13.8. The van der Waals surface area contributed by atoms with Crippen LogP contribution >= 0.6 is 0 Å². The average molecular weight is 415 g/mol. The second kappa shape index (κ2) is 6.91. The summed E-state index contributed by atoms with van der Waals surface area (Å²) in [6.07, 6.45) is 2.42. The van der Waals surface area contributed by atoms with Crippen molar-refractivity contribution in [3.63, 3.8) is 0 Å². The number of rotatable bonds is 4. The summed E-state index contributed by atoms with van der Waals surface area (Å²) < 4.78 is 50.5. The Morgan fingerprint density at radius 2 is 1.76 bits per heavy atom. The van der Waals surface area contributed by atoms with Gasteiger partial charge >= 0.3 is 0 Å². The Labute approximate surface area is 170 Å². The maximum atomic E-state index is 14.2. The van der Waals surface area contributed by atoms with Gasteiger partial charge in [0.25, 0.3) is 10.0 Å². The summed E-state index contributed by atoms with van der Waals surface area (Å²) in [6, 6.07) is 10.8. The minimum Gasteiger partial charge on any atom is -0.496 e. The van der Waals surface area contributed by atoms with Crippen LogP contribution in [-0.2, 0) is 10.0 Å². The molecule has 0 fully saturated rings. The summed E-state index contributed by atoms with van der Waals surface area (Å²) in [4.78, 5) is 0.168. The molecule has 0 saturated heterocycles. The molecule has 2 aromatic carbocycles. The highest BCUT2D eigenvalue weighted by atomic mass is 32.2. The molecule has 0 aliphatic carbocycles. The monoisotopic (exact) mass is 414 g/mol. The number of fused-ring (bicyclic) bond motifs is 3. The molecule has 1 aliphatic rings. The zero-order chi connectivity index (χ0) is 20.9. The Hall–Kier alpha value is -2.80. The third kappa shape index (κ3) is 2.92. The summed E-state index contributed by atoms with van der Waals surface area (Å²) in [5.41, 5.74) is 3.31. The number of sulfonamides is 1. The molecule has 7 heteroatoms. The van der Waals surface area contributed by atoms with Gasteiger partial charge in [0.1, 0.15) is 11.6 Å². The first kappa shape index (κ1) is 19.5. The van der Waals surface area contributed by atoms with Gasteiger partial charge in [0.15, 0.2) is 0 Å². The van der Waals surface area contributed by atoms with Crippen molar-refractivity contribution in [1.29, 1.82) is 0 Å². The van der Waals surface area contributed by atoms with Crippen LogP contribution in [0, 0.1) is 19.7 Å². The average Bonchev–Trinajstić information content (AvgIpc) is 3.16. The lowest BCUT2D eigenvalue weighted by Gasteiger charge is -2.38. The SMILES string of the molecule is CCC1c2cccn2-c2ccc(F)cc2N1S(=O)(=O)c1cc(C)c(OC)c(C)c1. The molecule has 0 amide bonds. The Morgan fingerprint density at radius 3 is 2.38 bits per heavy atom. The highest BCUT2D eigenvalue weighted by Gasteiger charge is 2.39. The third-order valence-electron chi connectivity index (χ3n) is 5.42. The van der Waals surface area contributed by atoms with Crippen LogP contribution in [0.2, 0.25) is 0 Å². The summed E-state index contributed by atoms with van der Waals surface area (Å²) in [5, 5.41) is 0. The van der Waals surface area contributed by atoms with Crippen LogP contribution in [0.3, 0.4) is 0 Å². The van der Waals surface area contributed by atoms with Gasteiger partial charge in [0.05, 0.1) is 29.4 Å². The lowest BCUT2D eigenvalue weighted by atomic mass is 10.1. The number of benzene rings is 2. The number of aryl methyl sites for hydroxylation is 2. The molecular weight excluding hydrogens is 391 g/mol. The first-order valence-corrected chi connectivity index (χ1v) is 10.9. The molecule has 29 heavy (non-hydrogen) atoms. The summed E-state index contributed by atoms with van der Waals surface area (Å²) in [7, 11) is -2.38. The van der Waals surface area contributed by atoms with Gasteiger partial charge in [-0.3, -0.25) is 4.31 Å². The van der Waals surface area contributed by atoms with Crippen molar-refractivity contribution in [2.45, 2.75) is 38.1 Å². The highest BCUT2D eigenvalue weighted by molar-refractivity contribution is 7.92. The number of methoxy groups -OCH3 is 1. The highest BCUT2D eigenvalue weighted by Crippen LogP contribution is 2.44. The van der Waals surface area contributed by atoms with E-state index in [9.17, 15) is 12.8 Å². The molecule has 1 unspecified atom stereocenters. The van der Waals surface area contributed by atoms with E-state index in [2.05, 4.69) is 0 Å². The van der Waals surface area contributed by atoms with Gasteiger partial charge in [-0.25, -0.2) is 12.8 Å². The summed E-state index contributed by atoms with van der Waals surface area (Å²) >= 11 is 0. The molecule has 1 atom stereocenters. The molecule has 0 radical (unpaired) electrons. The van der Waals surface area contributed by atoms with E-state index in [0.717, 1.165) is 16.8 Å². The number of hydrogen-bond donors (Lipinski definition) is 0. The van der Waals surface area contributed by atoms with Gasteiger partial charge in [-0.15, -0.1) is 0 Å². The van der Waals surface area contributed by atoms with E-state index in [4.69, 9.17) is 4.74 Å². The molecule has 0 bridgehead atoms. The maximum Gasteiger partial charge on any atom is 0.265 e. The fourth-order valence-corrected chi connectivity index (χ4v) is 6.09. The molecule has 1 aliphatic heterocycles. The molecule has 5 nitrogen and oxygen atoms in total. The second-order valence-corrected chi connectivity index (χ2v) is 9.07. The quantitative estimate of drug-likeness (QED) is 0.610. The van der Waals surface area contributed by atoms with Gasteiger partial charge in [-0.05, 0) is 67.8 Å². The fraction of sp³-hybridized carbons (Fsp3) is 0.273. The van der Waals surface area contributed by atoms with Gasteiger partial charge in [0.2, 0.25) is 0 Å². The second-order valence-electron chi connectivity index (χ2n) is 7.25. The van der Waals surface area contributed by atoms with Crippen molar-refractivity contribution in [2.75, 3.05) is 11.4 Å². The molecule has 152 valence electrons. The van der Waals surface area contributed by atoms with Crippen LogP contribution in [0.5, 0.6) is 5.75 Å². The lowest BCUT2D eigenvalue weighted by molar-refractivity contribution is 0.408. The largest absolute Gasteiger partial charge is 0.496 e. The number of nitrogens with zero attached hydrogens (tertiary/aromatic N) is 2. The fourth-order valence-electron chi connectivity index (χ4n) is 4.22. The summed E-state index contributed by atoms with van der Waals surface area (Å²) in [5.74, 6) is 0.187. The van der Waals surface area contributed by atoms with E-state index in [-0.39, 0.29) is 4.90 Å². The summed E-state index contributed by atoms with van der Waals surface area (Å²) in [6.45, 7) is 5.56. The topological polar surface area (TPSA) is 51.5 Å². The van der Waals surface area contributed by atoms with Gasteiger partial charge in [-0.1, -0.05) is 6.92 Å². The van der Waals surface area contributed by atoms with Gasteiger partial charge in [0, 0.05) is 18.0 Å². The molecule has 0 saturated carbocycles. The number of ether oxygens (including phenoxy) is 1. The standard InChI is InChI=1S/C22H23FN2O3S/c1-5-18-19-7-6-10-24(19)20-9-8-16(23)13-21(20)25(18)29(26,27)17-11-14(2)22(28-4)15(3)12-17/h6-13,18H,5H2,1-4H3. The Kier molecular flexibility index (Phi) is 4.65. The van der Waals surface area contributed by atoms with Crippen LogP contribution < -0.4 is 9.04 Å².